The van der Waals surface area contributed by atoms with Gasteiger partial charge in [0.2, 0.25) is 0 Å². The van der Waals surface area contributed by atoms with E-state index in [4.69, 9.17) is 15.6 Å². The van der Waals surface area contributed by atoms with Gasteiger partial charge in [-0.25, -0.2) is 9.78 Å². The number of alkyl halides is 3. The number of hydrogen-bond donors (Lipinski definition) is 2. The number of aromatic nitrogens is 1. The quantitative estimate of drug-likeness (QED) is 0.771. The van der Waals surface area contributed by atoms with E-state index >= 15 is 0 Å². The van der Waals surface area contributed by atoms with E-state index in [2.05, 4.69) is 20.9 Å². The maximum absolute atomic E-state index is 10.6. The first-order valence-corrected chi connectivity index (χ1v) is 4.62. The van der Waals surface area contributed by atoms with Gasteiger partial charge in [-0.3, -0.25) is 0 Å². The van der Waals surface area contributed by atoms with Gasteiger partial charge in [-0.15, -0.1) is 0 Å². The van der Waals surface area contributed by atoms with Gasteiger partial charge in [0.1, 0.15) is 5.82 Å². The second-order valence-corrected chi connectivity index (χ2v) is 3.46. The third-order valence-corrected chi connectivity index (χ3v) is 2.28. The molecular weight excluding hydrogens is 293 g/mol. The summed E-state index contributed by atoms with van der Waals surface area (Å²) < 4.78 is 32.7. The van der Waals surface area contributed by atoms with Crippen LogP contribution < -0.4 is 5.73 Å². The zero-order valence-electron chi connectivity index (χ0n) is 8.05. The number of hydrogen-bond acceptors (Lipinski definition) is 3. The molecule has 0 bridgehead atoms. The van der Waals surface area contributed by atoms with Crippen molar-refractivity contribution >= 4 is 27.7 Å². The lowest BCUT2D eigenvalue weighted by molar-refractivity contribution is -0.192. The van der Waals surface area contributed by atoms with Gasteiger partial charge in [0, 0.05) is 16.2 Å². The Morgan fingerprint density at radius 3 is 2.25 bits per heavy atom. The van der Waals surface area contributed by atoms with Crippen molar-refractivity contribution in [1.82, 2.24) is 4.98 Å². The van der Waals surface area contributed by atoms with E-state index in [9.17, 15) is 13.2 Å². The Morgan fingerprint density at radius 2 is 2.00 bits per heavy atom. The van der Waals surface area contributed by atoms with Gasteiger partial charge in [0.15, 0.2) is 0 Å². The topological polar surface area (TPSA) is 76.2 Å². The fraction of sp³-hybridized carbons (Fsp3) is 0.250. The van der Waals surface area contributed by atoms with E-state index in [1.807, 2.05) is 13.0 Å². The molecule has 0 aromatic carbocycles. The molecule has 0 aliphatic rings. The molecule has 0 saturated carbocycles. The summed E-state index contributed by atoms with van der Waals surface area (Å²) in [6, 6.07) is 1.87. The lowest BCUT2D eigenvalue weighted by atomic mass is 10.3. The first kappa shape index (κ1) is 14.7. The minimum Gasteiger partial charge on any atom is -0.475 e. The lowest BCUT2D eigenvalue weighted by Crippen LogP contribution is -2.21. The van der Waals surface area contributed by atoms with Gasteiger partial charge in [0.25, 0.3) is 0 Å². The molecule has 0 fully saturated rings. The van der Waals surface area contributed by atoms with Crippen LogP contribution in [-0.2, 0) is 4.79 Å². The van der Waals surface area contributed by atoms with Gasteiger partial charge < -0.3 is 10.8 Å². The Balaban J connectivity index is 0.000000293. The molecule has 16 heavy (non-hydrogen) atoms. The number of carbonyl (C=O) groups is 1. The van der Waals surface area contributed by atoms with Crippen LogP contribution in [0.4, 0.5) is 19.0 Å². The first-order chi connectivity index (χ1) is 7.16. The molecule has 1 aromatic heterocycles. The van der Waals surface area contributed by atoms with Crippen molar-refractivity contribution in [2.45, 2.75) is 13.1 Å². The van der Waals surface area contributed by atoms with Gasteiger partial charge in [-0.1, -0.05) is 15.9 Å². The van der Waals surface area contributed by atoms with E-state index < -0.39 is 12.1 Å². The van der Waals surface area contributed by atoms with Crippen LogP contribution in [0.5, 0.6) is 0 Å². The molecule has 8 heteroatoms. The molecule has 0 atom stereocenters. The van der Waals surface area contributed by atoms with Crippen molar-refractivity contribution in [1.29, 1.82) is 0 Å². The average Bonchev–Trinajstić information content (AvgIpc) is 2.13. The van der Waals surface area contributed by atoms with Gasteiger partial charge in [-0.2, -0.15) is 13.2 Å². The molecule has 90 valence electrons. The van der Waals surface area contributed by atoms with Crippen molar-refractivity contribution in [3.05, 3.63) is 22.3 Å². The largest absolute Gasteiger partial charge is 0.490 e. The highest BCUT2D eigenvalue weighted by Gasteiger charge is 2.38. The van der Waals surface area contributed by atoms with Crippen LogP contribution in [-0.4, -0.2) is 22.2 Å². The third-order valence-electron chi connectivity index (χ3n) is 1.42. The second kappa shape index (κ2) is 5.69. The van der Waals surface area contributed by atoms with Crippen LogP contribution in [0.15, 0.2) is 16.7 Å². The van der Waals surface area contributed by atoms with Crippen LogP contribution in [0.25, 0.3) is 0 Å². The number of carboxylic acids is 1. The number of nitrogens with zero attached hydrogens (tertiary/aromatic N) is 1. The monoisotopic (exact) mass is 300 g/mol. The minimum absolute atomic E-state index is 0.587. The molecule has 1 heterocycles. The van der Waals surface area contributed by atoms with Crippen molar-refractivity contribution in [2.75, 3.05) is 5.73 Å². The molecule has 0 radical (unpaired) electrons. The van der Waals surface area contributed by atoms with Crippen molar-refractivity contribution < 1.29 is 23.1 Å². The first-order valence-electron chi connectivity index (χ1n) is 3.83. The Labute approximate surface area is 97.4 Å². The highest BCUT2D eigenvalue weighted by molar-refractivity contribution is 9.10. The molecule has 0 saturated heterocycles. The van der Waals surface area contributed by atoms with Gasteiger partial charge >= 0.3 is 12.1 Å². The predicted molar refractivity (Wildman–Crippen MR) is 54.8 cm³/mol. The third kappa shape index (κ3) is 4.96. The Bertz CT molecular complexity index is 362. The zero-order valence-corrected chi connectivity index (χ0v) is 9.63. The number of nitrogen functional groups attached to an aromatic ring is 1. The Morgan fingerprint density at radius 1 is 1.56 bits per heavy atom. The van der Waals surface area contributed by atoms with Gasteiger partial charge in [-0.05, 0) is 13.0 Å². The van der Waals surface area contributed by atoms with Crippen molar-refractivity contribution in [2.24, 2.45) is 0 Å². The van der Waals surface area contributed by atoms with Crippen molar-refractivity contribution in [3.63, 3.8) is 0 Å². The van der Waals surface area contributed by atoms with E-state index in [0.29, 0.717) is 5.82 Å². The lowest BCUT2D eigenvalue weighted by Gasteiger charge is -1.98. The highest BCUT2D eigenvalue weighted by Crippen LogP contribution is 2.17. The smallest absolute Gasteiger partial charge is 0.475 e. The SMILES string of the molecule is Cc1c(Br)ccnc1N.O=C(O)C(F)(F)F. The number of rotatable bonds is 0. The summed E-state index contributed by atoms with van der Waals surface area (Å²) >= 11 is 3.33. The maximum Gasteiger partial charge on any atom is 0.490 e. The molecule has 3 N–H and O–H groups in total. The Kier molecular flexibility index (Phi) is 5.22. The van der Waals surface area contributed by atoms with Crippen LogP contribution in [0, 0.1) is 6.92 Å². The number of halogens is 4. The standard InChI is InChI=1S/C6H7BrN2.C2HF3O2/c1-4-5(7)2-3-9-6(4)8;3-2(4,5)1(6)7/h2-3H,1H3,(H2,8,9);(H,6,7). The molecule has 1 rings (SSSR count). The fourth-order valence-electron chi connectivity index (χ4n) is 0.527. The van der Waals surface area contributed by atoms with Crippen LogP contribution >= 0.6 is 15.9 Å². The molecule has 0 spiro atoms. The zero-order chi connectivity index (χ0) is 12.9. The summed E-state index contributed by atoms with van der Waals surface area (Å²) in [6.07, 6.45) is -3.41. The van der Waals surface area contributed by atoms with E-state index in [1.165, 1.54) is 0 Å². The molecule has 0 aliphatic carbocycles. The molecule has 0 amide bonds. The number of pyridine rings is 1. The molecule has 4 nitrogen and oxygen atoms in total. The van der Waals surface area contributed by atoms with Crippen LogP contribution in [0.3, 0.4) is 0 Å². The summed E-state index contributed by atoms with van der Waals surface area (Å²) in [5.41, 5.74) is 6.48. The predicted octanol–water partition coefficient (Wildman–Crippen LogP) is 2.37. The van der Waals surface area contributed by atoms with Crippen LogP contribution in [0.1, 0.15) is 5.56 Å². The summed E-state index contributed by atoms with van der Waals surface area (Å²) in [7, 11) is 0. The number of nitrogens with two attached hydrogens (primary N) is 1. The van der Waals surface area contributed by atoms with Crippen molar-refractivity contribution in [3.8, 4) is 0 Å². The van der Waals surface area contributed by atoms with E-state index in [-0.39, 0.29) is 0 Å². The summed E-state index contributed by atoms with van der Waals surface area (Å²) in [5, 5.41) is 7.12. The normalized spacial score (nSPS) is 10.3. The summed E-state index contributed by atoms with van der Waals surface area (Å²) in [4.78, 5) is 12.8. The molecule has 0 unspecified atom stereocenters. The molecule has 0 aliphatic heterocycles. The number of anilines is 1. The Hall–Kier alpha value is -1.31. The summed E-state index contributed by atoms with van der Waals surface area (Å²) in [6.45, 7) is 1.92. The average molecular weight is 301 g/mol. The van der Waals surface area contributed by atoms with Gasteiger partial charge in [0.05, 0.1) is 0 Å². The molecule has 1 aromatic rings. The van der Waals surface area contributed by atoms with E-state index in [1.54, 1.807) is 6.20 Å². The van der Waals surface area contributed by atoms with E-state index in [0.717, 1.165) is 10.0 Å². The fourth-order valence-corrected chi connectivity index (χ4v) is 0.849. The van der Waals surface area contributed by atoms with Crippen LogP contribution in [0.2, 0.25) is 0 Å². The second-order valence-electron chi connectivity index (χ2n) is 2.61. The number of aliphatic carboxylic acids is 1. The minimum atomic E-state index is -5.08. The highest BCUT2D eigenvalue weighted by atomic mass is 79.9. The number of carboxylic acid groups (broad SMARTS) is 1. The molecular formula is C8H8BrF3N2O2. The summed E-state index contributed by atoms with van der Waals surface area (Å²) in [5.74, 6) is -2.17. The maximum atomic E-state index is 10.6.